The van der Waals surface area contributed by atoms with Crippen LogP contribution in [0.15, 0.2) is 35.3 Å². The maximum Gasteiger partial charge on any atom is 0.332 e. The highest BCUT2D eigenvalue weighted by atomic mass is 16.5. The molecule has 2 aromatic heterocycles. The molecule has 1 fully saturated rings. The first-order valence-electron chi connectivity index (χ1n) is 8.82. The molecular weight excluding hydrogens is 366 g/mol. The van der Waals surface area contributed by atoms with Crippen LogP contribution in [0.2, 0.25) is 0 Å². The van der Waals surface area contributed by atoms with Gasteiger partial charge in [-0.3, -0.25) is 4.57 Å². The first kappa shape index (κ1) is 18.4. The lowest BCUT2D eigenvalue weighted by Crippen LogP contribution is -2.32. The van der Waals surface area contributed by atoms with Gasteiger partial charge >= 0.3 is 5.69 Å². The van der Waals surface area contributed by atoms with Crippen LogP contribution in [0.25, 0.3) is 11.2 Å². The van der Waals surface area contributed by atoms with Gasteiger partial charge in [0.05, 0.1) is 32.6 Å². The molecule has 0 unspecified atom stereocenters. The second kappa shape index (κ2) is 7.23. The minimum atomic E-state index is -0.965. The number of aliphatic hydroxyl groups is 2. The lowest BCUT2D eigenvalue weighted by atomic mass is 10.2. The Hall–Kier alpha value is -2.95. The molecule has 28 heavy (non-hydrogen) atoms. The van der Waals surface area contributed by atoms with Crippen LogP contribution in [-0.4, -0.2) is 55.2 Å². The van der Waals surface area contributed by atoms with E-state index in [0.717, 1.165) is 5.56 Å². The van der Waals surface area contributed by atoms with E-state index in [9.17, 15) is 15.0 Å². The van der Waals surface area contributed by atoms with Gasteiger partial charge in [0.25, 0.3) is 0 Å². The molecule has 3 aromatic rings. The van der Waals surface area contributed by atoms with Crippen molar-refractivity contribution >= 4 is 17.1 Å². The number of hydrogen-bond donors (Lipinski definition) is 3. The Labute approximate surface area is 159 Å². The van der Waals surface area contributed by atoms with Crippen molar-refractivity contribution in [1.82, 2.24) is 19.1 Å². The van der Waals surface area contributed by atoms with Crippen LogP contribution in [0.1, 0.15) is 18.2 Å². The topological polar surface area (TPSA) is 138 Å². The van der Waals surface area contributed by atoms with Gasteiger partial charge in [-0.2, -0.15) is 4.98 Å². The van der Waals surface area contributed by atoms with Crippen LogP contribution in [0, 0.1) is 0 Å². The third kappa shape index (κ3) is 3.11. The Balaban J connectivity index is 1.84. The Morgan fingerprint density at radius 1 is 1.43 bits per heavy atom. The standard InChI is InChI=1S/C18H21N5O5/c1-27-11-4-2-3-10(5-11)8-22-13-7-20-17(19)21-15(13)23(18(22)26)16-14(25)6-12(9-24)28-16/h2-5,7,12,14,16,24-25H,6,8-9H2,1H3,(H2,19,20,21)/t12-,14+,16+/m0/s1. The van der Waals surface area contributed by atoms with E-state index in [1.54, 1.807) is 7.11 Å². The monoisotopic (exact) mass is 387 g/mol. The number of aliphatic hydroxyl groups excluding tert-OH is 2. The van der Waals surface area contributed by atoms with E-state index in [1.807, 2.05) is 24.3 Å². The van der Waals surface area contributed by atoms with Crippen molar-refractivity contribution < 1.29 is 19.7 Å². The summed E-state index contributed by atoms with van der Waals surface area (Å²) >= 11 is 0. The molecule has 10 heteroatoms. The number of nitrogens with zero attached hydrogens (tertiary/aromatic N) is 4. The fourth-order valence-electron chi connectivity index (χ4n) is 3.49. The molecule has 3 heterocycles. The van der Waals surface area contributed by atoms with Gasteiger partial charge in [0, 0.05) is 6.42 Å². The van der Waals surface area contributed by atoms with Gasteiger partial charge in [-0.1, -0.05) is 12.1 Å². The van der Waals surface area contributed by atoms with E-state index in [2.05, 4.69) is 9.97 Å². The number of ether oxygens (including phenoxy) is 2. The number of methoxy groups -OCH3 is 1. The lowest BCUT2D eigenvalue weighted by molar-refractivity contribution is -0.0505. The van der Waals surface area contributed by atoms with Crippen molar-refractivity contribution in [1.29, 1.82) is 0 Å². The largest absolute Gasteiger partial charge is 0.497 e. The molecule has 1 saturated heterocycles. The molecule has 0 radical (unpaired) electrons. The number of anilines is 1. The number of nitrogens with two attached hydrogens (primary N) is 1. The predicted molar refractivity (Wildman–Crippen MR) is 99.9 cm³/mol. The summed E-state index contributed by atoms with van der Waals surface area (Å²) in [7, 11) is 1.57. The van der Waals surface area contributed by atoms with Crippen molar-refractivity contribution in [3.63, 3.8) is 0 Å². The first-order valence-corrected chi connectivity index (χ1v) is 8.82. The normalized spacial score (nSPS) is 22.0. The van der Waals surface area contributed by atoms with Crippen molar-refractivity contribution in [3.8, 4) is 5.75 Å². The fourth-order valence-corrected chi connectivity index (χ4v) is 3.49. The maximum atomic E-state index is 13.2. The summed E-state index contributed by atoms with van der Waals surface area (Å²) in [6.07, 6.45) is -0.782. The highest BCUT2D eigenvalue weighted by molar-refractivity contribution is 5.72. The second-order valence-corrected chi connectivity index (χ2v) is 6.66. The molecule has 1 aliphatic heterocycles. The molecule has 4 rings (SSSR count). The third-order valence-corrected chi connectivity index (χ3v) is 4.82. The number of nitrogen functional groups attached to an aromatic ring is 1. The summed E-state index contributed by atoms with van der Waals surface area (Å²) in [5.74, 6) is 0.682. The van der Waals surface area contributed by atoms with E-state index in [-0.39, 0.29) is 31.2 Å². The quantitative estimate of drug-likeness (QED) is 0.551. The van der Waals surface area contributed by atoms with Crippen LogP contribution < -0.4 is 16.2 Å². The molecular formula is C18H21N5O5. The molecule has 0 amide bonds. The minimum absolute atomic E-state index is 0.00553. The van der Waals surface area contributed by atoms with Crippen molar-refractivity contribution in [3.05, 3.63) is 46.5 Å². The number of benzene rings is 1. The Morgan fingerprint density at radius 3 is 2.96 bits per heavy atom. The van der Waals surface area contributed by atoms with E-state index >= 15 is 0 Å². The lowest BCUT2D eigenvalue weighted by Gasteiger charge is -2.15. The van der Waals surface area contributed by atoms with Crippen LogP contribution in [0.3, 0.4) is 0 Å². The second-order valence-electron chi connectivity index (χ2n) is 6.66. The summed E-state index contributed by atoms with van der Waals surface area (Å²) < 4.78 is 13.7. The summed E-state index contributed by atoms with van der Waals surface area (Å²) in [6.45, 7) is 0.000932. The molecule has 0 spiro atoms. The van der Waals surface area contributed by atoms with Gasteiger partial charge in [0.2, 0.25) is 5.95 Å². The summed E-state index contributed by atoms with van der Waals surface area (Å²) in [4.78, 5) is 21.4. The fraction of sp³-hybridized carbons (Fsp3) is 0.389. The minimum Gasteiger partial charge on any atom is -0.497 e. The Morgan fingerprint density at radius 2 is 2.25 bits per heavy atom. The van der Waals surface area contributed by atoms with Gasteiger partial charge in [0.15, 0.2) is 11.9 Å². The number of imidazole rings is 1. The van der Waals surface area contributed by atoms with Gasteiger partial charge in [-0.25, -0.2) is 14.3 Å². The molecule has 3 atom stereocenters. The Kier molecular flexibility index (Phi) is 4.75. The molecule has 0 saturated carbocycles. The zero-order chi connectivity index (χ0) is 19.8. The van der Waals surface area contributed by atoms with Crippen molar-refractivity contribution in [2.75, 3.05) is 19.5 Å². The summed E-state index contributed by atoms with van der Waals surface area (Å²) in [5, 5.41) is 19.7. The first-order chi connectivity index (χ1) is 13.5. The van der Waals surface area contributed by atoms with Gasteiger partial charge in [0.1, 0.15) is 17.4 Å². The molecule has 0 aliphatic carbocycles. The number of rotatable bonds is 5. The average molecular weight is 387 g/mol. The van der Waals surface area contributed by atoms with Crippen molar-refractivity contribution in [2.45, 2.75) is 31.4 Å². The number of hydrogen-bond acceptors (Lipinski definition) is 8. The molecule has 0 bridgehead atoms. The zero-order valence-corrected chi connectivity index (χ0v) is 15.2. The van der Waals surface area contributed by atoms with E-state index < -0.39 is 24.1 Å². The highest BCUT2D eigenvalue weighted by Gasteiger charge is 2.37. The molecule has 1 aliphatic rings. The van der Waals surface area contributed by atoms with Crippen LogP contribution in [-0.2, 0) is 11.3 Å². The molecule has 4 N–H and O–H groups in total. The SMILES string of the molecule is COc1cccc(Cn2c(=O)n([C@@H]3O[C@H](CO)C[C@H]3O)c3nc(N)ncc32)c1. The summed E-state index contributed by atoms with van der Waals surface area (Å²) in [5.41, 5.74) is 6.88. The van der Waals surface area contributed by atoms with Crippen LogP contribution in [0.5, 0.6) is 5.75 Å². The average Bonchev–Trinajstić information content (AvgIpc) is 3.19. The zero-order valence-electron chi connectivity index (χ0n) is 15.2. The van der Waals surface area contributed by atoms with Gasteiger partial charge in [-0.05, 0) is 17.7 Å². The van der Waals surface area contributed by atoms with Crippen LogP contribution in [0.4, 0.5) is 5.95 Å². The highest BCUT2D eigenvalue weighted by Crippen LogP contribution is 2.30. The third-order valence-electron chi connectivity index (χ3n) is 4.82. The molecule has 1 aromatic carbocycles. The predicted octanol–water partition coefficient (Wildman–Crippen LogP) is -0.127. The van der Waals surface area contributed by atoms with Crippen LogP contribution >= 0.6 is 0 Å². The molecule has 10 nitrogen and oxygen atoms in total. The van der Waals surface area contributed by atoms with E-state index in [1.165, 1.54) is 15.3 Å². The number of fused-ring (bicyclic) bond motifs is 1. The van der Waals surface area contributed by atoms with E-state index in [4.69, 9.17) is 15.2 Å². The molecule has 148 valence electrons. The van der Waals surface area contributed by atoms with Gasteiger partial charge in [-0.15, -0.1) is 0 Å². The number of aromatic nitrogens is 4. The van der Waals surface area contributed by atoms with Crippen molar-refractivity contribution in [2.24, 2.45) is 0 Å². The van der Waals surface area contributed by atoms with E-state index in [0.29, 0.717) is 11.3 Å². The Bertz CT molecular complexity index is 1060. The summed E-state index contributed by atoms with van der Waals surface area (Å²) in [6, 6.07) is 7.36. The smallest absolute Gasteiger partial charge is 0.332 e. The van der Waals surface area contributed by atoms with Gasteiger partial charge < -0.3 is 25.4 Å². The maximum absolute atomic E-state index is 13.2.